The highest BCUT2D eigenvalue weighted by Gasteiger charge is 2.12. The molecular weight excluding hydrogens is 466 g/mol. The van der Waals surface area contributed by atoms with Crippen molar-refractivity contribution < 1.29 is 28.2 Å². The number of aliphatic hydroxyl groups is 1. The Morgan fingerprint density at radius 3 is 2.51 bits per heavy atom. The van der Waals surface area contributed by atoms with Crippen molar-refractivity contribution in [2.75, 3.05) is 11.3 Å². The number of para-hydroxylation sites is 1. The molecule has 1 atom stereocenters. The maximum atomic E-state index is 12.5. The van der Waals surface area contributed by atoms with Gasteiger partial charge in [-0.05, 0) is 41.3 Å². The van der Waals surface area contributed by atoms with Gasteiger partial charge in [-0.2, -0.15) is 0 Å². The average Bonchev–Trinajstić information content (AvgIpc) is 2.82. The molecule has 3 aromatic rings. The number of benzene rings is 3. The van der Waals surface area contributed by atoms with Crippen LogP contribution >= 0.6 is 0 Å². The van der Waals surface area contributed by atoms with E-state index >= 15 is 0 Å². The summed E-state index contributed by atoms with van der Waals surface area (Å²) in [6.07, 6.45) is 3.32. The molecule has 0 spiro atoms. The van der Waals surface area contributed by atoms with Gasteiger partial charge in [-0.3, -0.25) is 9.52 Å². The summed E-state index contributed by atoms with van der Waals surface area (Å²) in [6.45, 7) is 0.259. The Balaban J connectivity index is 1.51. The lowest BCUT2D eigenvalue weighted by Crippen LogP contribution is -2.15. The smallest absolute Gasteiger partial charge is 0.303 e. The topological polar surface area (TPSA) is 113 Å². The van der Waals surface area contributed by atoms with E-state index in [9.17, 15) is 18.3 Å². The minimum Gasteiger partial charge on any atom is -0.493 e. The van der Waals surface area contributed by atoms with Crippen molar-refractivity contribution in [1.82, 2.24) is 0 Å². The molecule has 8 heteroatoms. The highest BCUT2D eigenvalue weighted by molar-refractivity contribution is 7.91. The Morgan fingerprint density at radius 1 is 1.00 bits per heavy atom. The third-order valence-corrected chi connectivity index (χ3v) is 6.38. The first kappa shape index (κ1) is 26.0. The van der Waals surface area contributed by atoms with Crippen LogP contribution in [0.2, 0.25) is 0 Å². The fraction of sp³-hybridized carbons (Fsp3) is 0.222. The van der Waals surface area contributed by atoms with Crippen molar-refractivity contribution in [2.45, 2.75) is 31.1 Å². The van der Waals surface area contributed by atoms with Crippen LogP contribution in [0, 0.1) is 0 Å². The minimum absolute atomic E-state index is 0.0210. The van der Waals surface area contributed by atoms with Crippen LogP contribution in [0.3, 0.4) is 0 Å². The predicted molar refractivity (Wildman–Crippen MR) is 137 cm³/mol. The van der Waals surface area contributed by atoms with Crippen LogP contribution in [0.4, 0.5) is 5.69 Å². The molecule has 0 saturated heterocycles. The summed E-state index contributed by atoms with van der Waals surface area (Å²) in [5, 5.41) is 19.2. The van der Waals surface area contributed by atoms with Crippen LogP contribution in [0.15, 0.2) is 84.9 Å². The highest BCUT2D eigenvalue weighted by Crippen LogP contribution is 2.20. The van der Waals surface area contributed by atoms with Gasteiger partial charge in [0.25, 0.3) is 0 Å². The molecule has 0 radical (unpaired) electrons. The van der Waals surface area contributed by atoms with Gasteiger partial charge in [-0.25, -0.2) is 8.42 Å². The van der Waals surface area contributed by atoms with Gasteiger partial charge in [0.2, 0.25) is 10.0 Å². The molecule has 0 aliphatic heterocycles. The first-order valence-electron chi connectivity index (χ1n) is 11.2. The second-order valence-electron chi connectivity index (χ2n) is 8.04. The normalized spacial score (nSPS) is 12.4. The van der Waals surface area contributed by atoms with E-state index in [1.807, 2.05) is 30.3 Å². The predicted octanol–water partition coefficient (Wildman–Crippen LogP) is 4.49. The standard InChI is InChI=1S/C27H29NO6S/c29-25(17-18-34-26-12-5-4-10-23(26)14-16-27(30)31)15-13-21-9-6-11-24(19-21)28-35(32,33)20-22-7-2-1-3-8-22/h1-13,15,19,25,28-29H,14,16-18,20H2,(H,30,31)/b15-13+/t25-/m0/s1. The first-order chi connectivity index (χ1) is 16.8. The zero-order valence-corrected chi connectivity index (χ0v) is 20.0. The number of carboxylic acid groups (broad SMARTS) is 1. The molecule has 0 aliphatic rings. The van der Waals surface area contributed by atoms with E-state index in [0.29, 0.717) is 29.8 Å². The van der Waals surface area contributed by atoms with Crippen molar-refractivity contribution in [3.05, 3.63) is 102 Å². The Labute approximate surface area is 205 Å². The lowest BCUT2D eigenvalue weighted by molar-refractivity contribution is -0.136. The largest absolute Gasteiger partial charge is 0.493 e. The van der Waals surface area contributed by atoms with Crippen LogP contribution in [-0.4, -0.2) is 37.3 Å². The zero-order valence-electron chi connectivity index (χ0n) is 19.2. The van der Waals surface area contributed by atoms with Gasteiger partial charge in [0.15, 0.2) is 0 Å². The number of ether oxygens (including phenoxy) is 1. The van der Waals surface area contributed by atoms with Gasteiger partial charge in [0.05, 0.1) is 18.5 Å². The molecule has 0 amide bonds. The van der Waals surface area contributed by atoms with Gasteiger partial charge in [-0.1, -0.05) is 72.8 Å². The van der Waals surface area contributed by atoms with E-state index in [4.69, 9.17) is 9.84 Å². The Bertz CT molecular complexity index is 1240. The molecule has 3 aromatic carbocycles. The second kappa shape index (κ2) is 12.7. The SMILES string of the molecule is O=C(O)CCc1ccccc1OCC[C@@H](O)/C=C/c1cccc(NS(=O)(=O)Cc2ccccc2)c1. The van der Waals surface area contributed by atoms with E-state index < -0.39 is 22.1 Å². The third kappa shape index (κ3) is 9.27. The van der Waals surface area contributed by atoms with Gasteiger partial charge in [0, 0.05) is 18.5 Å². The average molecular weight is 496 g/mol. The van der Waals surface area contributed by atoms with Crippen LogP contribution in [0.1, 0.15) is 29.5 Å². The molecule has 0 unspecified atom stereocenters. The summed E-state index contributed by atoms with van der Waals surface area (Å²) in [5.41, 5.74) is 2.69. The summed E-state index contributed by atoms with van der Waals surface area (Å²) in [6, 6.07) is 23.1. The van der Waals surface area contributed by atoms with Gasteiger partial charge in [0.1, 0.15) is 5.75 Å². The Kier molecular flexibility index (Phi) is 9.46. The first-order valence-corrected chi connectivity index (χ1v) is 12.9. The number of anilines is 1. The molecule has 0 fully saturated rings. The fourth-order valence-corrected chi connectivity index (χ4v) is 4.61. The summed E-state index contributed by atoms with van der Waals surface area (Å²) < 4.78 is 33.3. The number of carboxylic acids is 1. The number of aryl methyl sites for hydroxylation is 1. The Morgan fingerprint density at radius 2 is 1.74 bits per heavy atom. The van der Waals surface area contributed by atoms with E-state index in [2.05, 4.69) is 4.72 Å². The summed E-state index contributed by atoms with van der Waals surface area (Å²) in [4.78, 5) is 10.8. The van der Waals surface area contributed by atoms with Crippen LogP contribution < -0.4 is 9.46 Å². The molecular formula is C27H29NO6S. The number of rotatable bonds is 13. The number of aliphatic carboxylic acids is 1. The van der Waals surface area contributed by atoms with Gasteiger partial charge >= 0.3 is 5.97 Å². The van der Waals surface area contributed by atoms with Crippen LogP contribution in [0.25, 0.3) is 6.08 Å². The maximum Gasteiger partial charge on any atom is 0.303 e. The van der Waals surface area contributed by atoms with Crippen LogP contribution in [-0.2, 0) is 27.0 Å². The maximum absolute atomic E-state index is 12.5. The van der Waals surface area contributed by atoms with E-state index in [0.717, 1.165) is 11.1 Å². The molecule has 0 bridgehead atoms. The number of nitrogens with one attached hydrogen (secondary N) is 1. The summed E-state index contributed by atoms with van der Waals surface area (Å²) in [7, 11) is -3.56. The number of aliphatic hydroxyl groups excluding tert-OH is 1. The second-order valence-corrected chi connectivity index (χ2v) is 9.76. The quantitative estimate of drug-likeness (QED) is 0.322. The molecule has 3 rings (SSSR count). The monoisotopic (exact) mass is 495 g/mol. The lowest BCUT2D eigenvalue weighted by atomic mass is 10.1. The fourth-order valence-electron chi connectivity index (χ4n) is 3.42. The van der Waals surface area contributed by atoms with E-state index in [-0.39, 0.29) is 18.8 Å². The third-order valence-electron chi connectivity index (χ3n) is 5.12. The number of carbonyl (C=O) groups is 1. The molecule has 7 nitrogen and oxygen atoms in total. The van der Waals surface area contributed by atoms with Crippen LogP contribution in [0.5, 0.6) is 5.75 Å². The minimum atomic E-state index is -3.56. The summed E-state index contributed by atoms with van der Waals surface area (Å²) in [5.74, 6) is -0.375. The van der Waals surface area contributed by atoms with E-state index in [1.165, 1.54) is 0 Å². The highest BCUT2D eigenvalue weighted by atomic mass is 32.2. The molecule has 0 heterocycles. The van der Waals surface area contributed by atoms with Crippen molar-refractivity contribution in [1.29, 1.82) is 0 Å². The van der Waals surface area contributed by atoms with Gasteiger partial charge in [-0.15, -0.1) is 0 Å². The lowest BCUT2D eigenvalue weighted by Gasteiger charge is -2.12. The zero-order chi connectivity index (χ0) is 25.1. The van der Waals surface area contributed by atoms with Gasteiger partial charge < -0.3 is 14.9 Å². The molecule has 0 saturated carbocycles. The number of hydrogen-bond donors (Lipinski definition) is 3. The van der Waals surface area contributed by atoms with Crippen molar-refractivity contribution in [3.63, 3.8) is 0 Å². The molecule has 0 aliphatic carbocycles. The van der Waals surface area contributed by atoms with Crippen molar-refractivity contribution >= 4 is 27.8 Å². The number of hydrogen-bond acceptors (Lipinski definition) is 5. The molecule has 0 aromatic heterocycles. The van der Waals surface area contributed by atoms with E-state index in [1.54, 1.807) is 60.7 Å². The summed E-state index contributed by atoms with van der Waals surface area (Å²) >= 11 is 0. The molecule has 184 valence electrons. The molecule has 35 heavy (non-hydrogen) atoms. The Hall–Kier alpha value is -3.62. The molecule has 3 N–H and O–H groups in total. The van der Waals surface area contributed by atoms with Crippen molar-refractivity contribution in [2.24, 2.45) is 0 Å². The van der Waals surface area contributed by atoms with Crippen molar-refractivity contribution in [3.8, 4) is 5.75 Å². The number of sulfonamides is 1.